The second kappa shape index (κ2) is 11.7. The molecule has 0 fully saturated rings. The van der Waals surface area contributed by atoms with E-state index in [1.807, 2.05) is 36.4 Å². The summed E-state index contributed by atoms with van der Waals surface area (Å²) < 4.78 is 12.1. The number of hydrogen-bond donors (Lipinski definition) is 2. The van der Waals surface area contributed by atoms with Gasteiger partial charge in [-0.3, -0.25) is 0 Å². The Morgan fingerprint density at radius 2 is 0.974 bits per heavy atom. The molecule has 3 aromatic rings. The first kappa shape index (κ1) is 25.8. The van der Waals surface area contributed by atoms with Gasteiger partial charge in [0, 0.05) is 0 Å². The first-order valence-corrected chi connectivity index (χ1v) is 13.7. The second-order valence-electron chi connectivity index (χ2n) is 10.9. The van der Waals surface area contributed by atoms with Crippen molar-refractivity contribution in [2.24, 2.45) is 21.8 Å². The third kappa shape index (κ3) is 6.18. The highest BCUT2D eigenvalue weighted by Gasteiger charge is 2.24. The first-order chi connectivity index (χ1) is 18.5. The summed E-state index contributed by atoms with van der Waals surface area (Å²) in [4.78, 5) is 9.76. The Balaban J connectivity index is 1.39. The molecule has 198 valence electrons. The highest BCUT2D eigenvalue weighted by atomic mass is 16.5. The van der Waals surface area contributed by atoms with Crippen LogP contribution in [0.5, 0.6) is 0 Å². The van der Waals surface area contributed by atoms with Gasteiger partial charge in [0.15, 0.2) is 0 Å². The third-order valence-corrected chi connectivity index (χ3v) is 6.69. The summed E-state index contributed by atoms with van der Waals surface area (Å²) in [5.74, 6) is 2.59. The summed E-state index contributed by atoms with van der Waals surface area (Å²) in [7, 11) is 0. The summed E-state index contributed by atoms with van der Waals surface area (Å²) >= 11 is 0. The van der Waals surface area contributed by atoms with Gasteiger partial charge < -0.3 is 20.1 Å². The Morgan fingerprint density at radius 3 is 1.37 bits per heavy atom. The maximum Gasteiger partial charge on any atom is 0.218 e. The van der Waals surface area contributed by atoms with Crippen molar-refractivity contribution in [1.82, 2.24) is 0 Å². The van der Waals surface area contributed by atoms with Crippen LogP contribution >= 0.6 is 0 Å². The smallest absolute Gasteiger partial charge is 0.218 e. The maximum absolute atomic E-state index is 6.03. The fourth-order valence-electron chi connectivity index (χ4n) is 5.00. The average molecular weight is 511 g/mol. The van der Waals surface area contributed by atoms with Crippen LogP contribution in [-0.4, -0.2) is 37.1 Å². The highest BCUT2D eigenvalue weighted by Crippen LogP contribution is 2.33. The van der Waals surface area contributed by atoms with Crippen molar-refractivity contribution in [3.05, 3.63) is 83.9 Å². The van der Waals surface area contributed by atoms with Gasteiger partial charge in [-0.2, -0.15) is 0 Å². The number of aliphatic imine (C=N–C) groups is 2. The van der Waals surface area contributed by atoms with E-state index in [-0.39, 0.29) is 12.1 Å². The van der Waals surface area contributed by atoms with Gasteiger partial charge in [0.1, 0.15) is 13.2 Å². The highest BCUT2D eigenvalue weighted by molar-refractivity contribution is 6.03. The Labute approximate surface area is 226 Å². The normalized spacial score (nSPS) is 18.7. The molecule has 3 aromatic carbocycles. The van der Waals surface area contributed by atoms with Crippen LogP contribution in [0.4, 0.5) is 22.7 Å². The van der Waals surface area contributed by atoms with Gasteiger partial charge in [0.05, 0.1) is 46.0 Å². The SMILES string of the molecule is CC(C)C[C@H]1COC(c2ccccc2Nc2ccccc2Nc2ccccc2C2=N[C@@H](CC(C)C)CO2)=N1. The minimum Gasteiger partial charge on any atom is -0.475 e. The van der Waals surface area contributed by atoms with E-state index in [1.54, 1.807) is 0 Å². The lowest BCUT2D eigenvalue weighted by molar-refractivity contribution is 0.301. The molecule has 0 radical (unpaired) electrons. The fraction of sp³-hybridized carbons (Fsp3) is 0.375. The quantitative estimate of drug-likeness (QED) is 0.295. The zero-order chi connectivity index (χ0) is 26.5. The van der Waals surface area contributed by atoms with Crippen molar-refractivity contribution in [1.29, 1.82) is 0 Å². The molecule has 2 N–H and O–H groups in total. The monoisotopic (exact) mass is 510 g/mol. The molecule has 6 nitrogen and oxygen atoms in total. The number of benzene rings is 3. The predicted molar refractivity (Wildman–Crippen MR) is 157 cm³/mol. The molecule has 0 spiro atoms. The zero-order valence-corrected chi connectivity index (χ0v) is 22.8. The summed E-state index contributed by atoms with van der Waals surface area (Å²) in [6.45, 7) is 10.2. The van der Waals surface area contributed by atoms with Crippen LogP contribution in [0, 0.1) is 11.8 Å². The molecule has 5 rings (SSSR count). The second-order valence-corrected chi connectivity index (χ2v) is 10.9. The van der Waals surface area contributed by atoms with Crippen LogP contribution in [0.3, 0.4) is 0 Å². The molecule has 0 aromatic heterocycles. The molecular formula is C32H38N4O2. The minimum atomic E-state index is 0.212. The van der Waals surface area contributed by atoms with Crippen molar-refractivity contribution in [3.8, 4) is 0 Å². The van der Waals surface area contributed by atoms with E-state index >= 15 is 0 Å². The Kier molecular flexibility index (Phi) is 7.97. The molecule has 0 amide bonds. The largest absolute Gasteiger partial charge is 0.475 e. The van der Waals surface area contributed by atoms with Crippen LogP contribution < -0.4 is 10.6 Å². The van der Waals surface area contributed by atoms with E-state index in [4.69, 9.17) is 19.5 Å². The number of ether oxygens (including phenoxy) is 2. The number of anilines is 4. The molecule has 0 unspecified atom stereocenters. The van der Waals surface area contributed by atoms with Crippen molar-refractivity contribution < 1.29 is 9.47 Å². The van der Waals surface area contributed by atoms with Crippen LogP contribution in [0.1, 0.15) is 51.7 Å². The number of para-hydroxylation sites is 4. The van der Waals surface area contributed by atoms with Crippen LogP contribution in [0.2, 0.25) is 0 Å². The van der Waals surface area contributed by atoms with E-state index in [0.29, 0.717) is 36.8 Å². The standard InChI is InChI=1S/C32H38N4O2/c1-21(2)17-23-19-37-31(33-23)25-11-5-7-13-27(25)35-29-15-9-10-16-30(29)36-28-14-8-6-12-26(28)32-34-24(20-38-32)18-22(3)4/h5-16,21-24,35-36H,17-20H2,1-4H3/t23-,24-/m0/s1. The average Bonchev–Trinajstić information content (AvgIpc) is 3.55. The molecule has 6 heteroatoms. The molecule has 2 heterocycles. The fourth-order valence-corrected chi connectivity index (χ4v) is 5.00. The van der Waals surface area contributed by atoms with Gasteiger partial charge in [-0.25, -0.2) is 9.98 Å². The van der Waals surface area contributed by atoms with Crippen LogP contribution in [0.15, 0.2) is 82.8 Å². The van der Waals surface area contributed by atoms with E-state index in [1.165, 1.54) is 0 Å². The Morgan fingerprint density at radius 1 is 0.605 bits per heavy atom. The lowest BCUT2D eigenvalue weighted by Crippen LogP contribution is -2.09. The molecule has 2 aliphatic rings. The molecule has 2 aliphatic heterocycles. The molecule has 0 saturated heterocycles. The summed E-state index contributed by atoms with van der Waals surface area (Å²) in [5, 5.41) is 7.25. The first-order valence-electron chi connectivity index (χ1n) is 13.7. The van der Waals surface area contributed by atoms with Crippen molar-refractivity contribution in [2.75, 3.05) is 23.8 Å². The third-order valence-electron chi connectivity index (χ3n) is 6.69. The maximum atomic E-state index is 6.03. The number of hydrogen-bond acceptors (Lipinski definition) is 6. The molecule has 0 aliphatic carbocycles. The van der Waals surface area contributed by atoms with Gasteiger partial charge in [-0.1, -0.05) is 64.1 Å². The van der Waals surface area contributed by atoms with Gasteiger partial charge >= 0.3 is 0 Å². The van der Waals surface area contributed by atoms with Crippen LogP contribution in [0.25, 0.3) is 0 Å². The topological polar surface area (TPSA) is 67.2 Å². The van der Waals surface area contributed by atoms with Gasteiger partial charge in [0.25, 0.3) is 0 Å². The van der Waals surface area contributed by atoms with Crippen LogP contribution in [-0.2, 0) is 9.47 Å². The van der Waals surface area contributed by atoms with E-state index in [0.717, 1.165) is 46.7 Å². The Hall–Kier alpha value is -3.80. The molecule has 38 heavy (non-hydrogen) atoms. The van der Waals surface area contributed by atoms with Crippen molar-refractivity contribution in [3.63, 3.8) is 0 Å². The number of nitrogens with one attached hydrogen (secondary N) is 2. The predicted octanol–water partition coefficient (Wildman–Crippen LogP) is 7.56. The molecule has 0 saturated carbocycles. The zero-order valence-electron chi connectivity index (χ0n) is 22.8. The molecule has 0 bridgehead atoms. The van der Waals surface area contributed by atoms with Gasteiger partial charge in [-0.15, -0.1) is 0 Å². The summed E-state index contributed by atoms with van der Waals surface area (Å²) in [6, 6.07) is 25.0. The van der Waals surface area contributed by atoms with E-state index in [9.17, 15) is 0 Å². The van der Waals surface area contributed by atoms with Crippen molar-refractivity contribution in [2.45, 2.75) is 52.6 Å². The lowest BCUT2D eigenvalue weighted by atomic mass is 10.1. The van der Waals surface area contributed by atoms with Gasteiger partial charge in [-0.05, 0) is 61.1 Å². The molecular weight excluding hydrogens is 472 g/mol. The van der Waals surface area contributed by atoms with E-state index in [2.05, 4.69) is 74.7 Å². The minimum absolute atomic E-state index is 0.212. The lowest BCUT2D eigenvalue weighted by Gasteiger charge is -2.17. The van der Waals surface area contributed by atoms with E-state index < -0.39 is 0 Å². The van der Waals surface area contributed by atoms with Crippen molar-refractivity contribution >= 4 is 34.5 Å². The number of rotatable bonds is 10. The molecule has 2 atom stereocenters. The Bertz CT molecular complexity index is 1210. The number of nitrogens with zero attached hydrogens (tertiary/aromatic N) is 2. The van der Waals surface area contributed by atoms with Gasteiger partial charge in [0.2, 0.25) is 11.8 Å². The summed E-state index contributed by atoms with van der Waals surface area (Å²) in [5.41, 5.74) is 5.77. The summed E-state index contributed by atoms with van der Waals surface area (Å²) in [6.07, 6.45) is 2.05.